The molecule has 0 aliphatic rings. The van der Waals surface area contributed by atoms with Gasteiger partial charge in [-0.25, -0.2) is 9.78 Å². The Morgan fingerprint density at radius 1 is 1.32 bits per heavy atom. The first-order valence-electron chi connectivity index (χ1n) is 6.03. The molecular formula is C12H14Cl3N3O4. The molecule has 0 saturated heterocycles. The third-order valence-electron chi connectivity index (χ3n) is 2.42. The van der Waals surface area contributed by atoms with Crippen molar-refractivity contribution in [3.8, 4) is 0 Å². The number of pyridine rings is 1. The number of aromatic nitrogens is 1. The van der Waals surface area contributed by atoms with Crippen molar-refractivity contribution in [2.75, 3.05) is 26.1 Å². The first-order chi connectivity index (χ1) is 10.3. The van der Waals surface area contributed by atoms with E-state index in [-0.39, 0.29) is 32.6 Å². The van der Waals surface area contributed by atoms with Crippen molar-refractivity contribution in [3.05, 3.63) is 20.9 Å². The molecule has 122 valence electrons. The van der Waals surface area contributed by atoms with Gasteiger partial charge in [-0.3, -0.25) is 4.79 Å². The molecule has 0 aromatic carbocycles. The van der Waals surface area contributed by atoms with Crippen LogP contribution < -0.4 is 11.1 Å². The van der Waals surface area contributed by atoms with Gasteiger partial charge >= 0.3 is 5.97 Å². The largest absolute Gasteiger partial charge is 0.451 e. The summed E-state index contributed by atoms with van der Waals surface area (Å²) in [7, 11) is 1.50. The van der Waals surface area contributed by atoms with Crippen LogP contribution in [-0.4, -0.2) is 43.2 Å². The van der Waals surface area contributed by atoms with Crippen LogP contribution in [0.2, 0.25) is 15.2 Å². The predicted octanol–water partition coefficient (Wildman–Crippen LogP) is 1.93. The van der Waals surface area contributed by atoms with Gasteiger partial charge in [0.2, 0.25) is 0 Å². The fourth-order valence-corrected chi connectivity index (χ4v) is 2.06. The molecule has 1 rings (SSSR count). The van der Waals surface area contributed by atoms with Crippen LogP contribution in [0, 0.1) is 0 Å². The Hall–Kier alpha value is -1.28. The van der Waals surface area contributed by atoms with Gasteiger partial charge in [-0.1, -0.05) is 34.8 Å². The molecular weight excluding hydrogens is 357 g/mol. The van der Waals surface area contributed by atoms with Crippen LogP contribution in [0.15, 0.2) is 0 Å². The van der Waals surface area contributed by atoms with Crippen LogP contribution >= 0.6 is 34.8 Å². The standard InChI is InChI=1S/C12H14Cl3N3O4/c1-5(3-21-2)17-6(19)4-22-12(20)10-7(13)9(16)8(14)11(15)18-10/h5H,3-4H2,1-2H3,(H2,16,18)(H,17,19)/t5-/m0/s1. The van der Waals surface area contributed by atoms with Gasteiger partial charge in [0.1, 0.15) is 5.02 Å². The van der Waals surface area contributed by atoms with Gasteiger partial charge in [0.25, 0.3) is 5.91 Å². The van der Waals surface area contributed by atoms with Gasteiger partial charge < -0.3 is 20.5 Å². The number of carbonyl (C=O) groups is 2. The number of esters is 1. The Balaban J connectivity index is 2.69. The normalized spacial score (nSPS) is 11.9. The molecule has 0 saturated carbocycles. The maximum Gasteiger partial charge on any atom is 0.359 e. The molecule has 1 amide bonds. The number of halogens is 3. The number of rotatable bonds is 6. The maximum atomic E-state index is 11.9. The number of ether oxygens (including phenoxy) is 2. The fraction of sp³-hybridized carbons (Fsp3) is 0.417. The highest BCUT2D eigenvalue weighted by Crippen LogP contribution is 2.34. The van der Waals surface area contributed by atoms with E-state index in [0.29, 0.717) is 6.61 Å². The molecule has 1 aromatic rings. The van der Waals surface area contributed by atoms with Crippen molar-refractivity contribution in [2.24, 2.45) is 0 Å². The van der Waals surface area contributed by atoms with Crippen LogP contribution in [0.1, 0.15) is 17.4 Å². The average molecular weight is 371 g/mol. The third kappa shape index (κ3) is 4.88. The fourth-order valence-electron chi connectivity index (χ4n) is 1.47. The number of nitrogens with zero attached hydrogens (tertiary/aromatic N) is 1. The number of carbonyl (C=O) groups excluding carboxylic acids is 2. The molecule has 7 nitrogen and oxygen atoms in total. The van der Waals surface area contributed by atoms with Crippen LogP contribution in [-0.2, 0) is 14.3 Å². The summed E-state index contributed by atoms with van der Waals surface area (Å²) in [6.07, 6.45) is 0. The van der Waals surface area contributed by atoms with E-state index in [9.17, 15) is 9.59 Å². The molecule has 3 N–H and O–H groups in total. The minimum Gasteiger partial charge on any atom is -0.451 e. The zero-order valence-electron chi connectivity index (χ0n) is 11.8. The number of amides is 1. The molecule has 0 fully saturated rings. The Morgan fingerprint density at radius 3 is 2.55 bits per heavy atom. The van der Waals surface area contributed by atoms with Crippen LogP contribution in [0.25, 0.3) is 0 Å². The van der Waals surface area contributed by atoms with E-state index < -0.39 is 18.5 Å². The monoisotopic (exact) mass is 369 g/mol. The van der Waals surface area contributed by atoms with Gasteiger partial charge in [-0.15, -0.1) is 0 Å². The van der Waals surface area contributed by atoms with Crippen molar-refractivity contribution in [1.29, 1.82) is 0 Å². The summed E-state index contributed by atoms with van der Waals surface area (Å²) in [5, 5.41) is 2.13. The molecule has 22 heavy (non-hydrogen) atoms. The second kappa shape index (κ2) is 8.38. The first-order valence-corrected chi connectivity index (χ1v) is 7.16. The SMILES string of the molecule is COC[C@H](C)NC(=O)COC(=O)c1nc(Cl)c(Cl)c(N)c1Cl. The topological polar surface area (TPSA) is 104 Å². The lowest BCUT2D eigenvalue weighted by Crippen LogP contribution is -2.38. The number of nitrogen functional groups attached to an aromatic ring is 1. The molecule has 1 atom stereocenters. The van der Waals surface area contributed by atoms with E-state index in [1.165, 1.54) is 7.11 Å². The number of methoxy groups -OCH3 is 1. The van der Waals surface area contributed by atoms with Gasteiger partial charge in [-0.05, 0) is 6.92 Å². The van der Waals surface area contributed by atoms with E-state index in [1.807, 2.05) is 0 Å². The molecule has 1 aromatic heterocycles. The lowest BCUT2D eigenvalue weighted by molar-refractivity contribution is -0.125. The Morgan fingerprint density at radius 2 is 1.95 bits per heavy atom. The summed E-state index contributed by atoms with van der Waals surface area (Å²) in [4.78, 5) is 27.1. The maximum absolute atomic E-state index is 11.9. The zero-order chi connectivity index (χ0) is 16.9. The number of nitrogens with one attached hydrogen (secondary N) is 1. The smallest absolute Gasteiger partial charge is 0.359 e. The highest BCUT2D eigenvalue weighted by atomic mass is 35.5. The quantitative estimate of drug-likeness (QED) is 0.586. The first kappa shape index (κ1) is 18.8. The lowest BCUT2D eigenvalue weighted by atomic mass is 10.3. The summed E-state index contributed by atoms with van der Waals surface area (Å²) in [6, 6.07) is -0.224. The van der Waals surface area contributed by atoms with Crippen molar-refractivity contribution < 1.29 is 19.1 Å². The summed E-state index contributed by atoms with van der Waals surface area (Å²) >= 11 is 17.3. The Bertz CT molecular complexity index is 583. The molecule has 0 aliphatic heterocycles. The molecule has 0 aliphatic carbocycles. The summed E-state index contributed by atoms with van der Waals surface area (Å²) in [6.45, 7) is 1.56. The summed E-state index contributed by atoms with van der Waals surface area (Å²) in [5.74, 6) is -1.44. The second-order valence-corrected chi connectivity index (χ2v) is 5.41. The molecule has 0 bridgehead atoms. The zero-order valence-corrected chi connectivity index (χ0v) is 14.1. The molecule has 0 radical (unpaired) electrons. The van der Waals surface area contributed by atoms with Gasteiger partial charge in [0.15, 0.2) is 17.5 Å². The number of anilines is 1. The molecule has 10 heteroatoms. The van der Waals surface area contributed by atoms with Gasteiger partial charge in [-0.2, -0.15) is 0 Å². The number of hydrogen-bond acceptors (Lipinski definition) is 6. The van der Waals surface area contributed by atoms with Crippen LogP contribution in [0.3, 0.4) is 0 Å². The summed E-state index contributed by atoms with van der Waals surface area (Å²) in [5.41, 5.74) is 5.18. The van der Waals surface area contributed by atoms with Crippen molar-refractivity contribution in [1.82, 2.24) is 10.3 Å². The van der Waals surface area contributed by atoms with Crippen molar-refractivity contribution in [3.63, 3.8) is 0 Å². The number of hydrogen-bond donors (Lipinski definition) is 2. The molecule has 1 heterocycles. The Kier molecular flexibility index (Phi) is 7.15. The highest BCUT2D eigenvalue weighted by molar-refractivity contribution is 6.46. The molecule has 0 spiro atoms. The van der Waals surface area contributed by atoms with E-state index in [1.54, 1.807) is 6.92 Å². The summed E-state index contributed by atoms with van der Waals surface area (Å²) < 4.78 is 9.67. The number of nitrogens with two attached hydrogens (primary N) is 1. The minimum absolute atomic E-state index is 0.0608. The third-order valence-corrected chi connectivity index (χ3v) is 3.56. The van der Waals surface area contributed by atoms with Gasteiger partial charge in [0.05, 0.1) is 17.3 Å². The van der Waals surface area contributed by atoms with Crippen molar-refractivity contribution >= 4 is 52.4 Å². The average Bonchev–Trinajstić information content (AvgIpc) is 2.46. The van der Waals surface area contributed by atoms with E-state index >= 15 is 0 Å². The van der Waals surface area contributed by atoms with Crippen LogP contribution in [0.4, 0.5) is 5.69 Å². The second-order valence-electron chi connectivity index (χ2n) is 4.29. The van der Waals surface area contributed by atoms with Gasteiger partial charge in [0, 0.05) is 13.2 Å². The molecule has 0 unspecified atom stereocenters. The lowest BCUT2D eigenvalue weighted by Gasteiger charge is -2.13. The van der Waals surface area contributed by atoms with Crippen LogP contribution in [0.5, 0.6) is 0 Å². The highest BCUT2D eigenvalue weighted by Gasteiger charge is 2.21. The van der Waals surface area contributed by atoms with Crippen molar-refractivity contribution in [2.45, 2.75) is 13.0 Å². The predicted molar refractivity (Wildman–Crippen MR) is 83.4 cm³/mol. The minimum atomic E-state index is -0.940. The van der Waals surface area contributed by atoms with E-state index in [2.05, 4.69) is 10.3 Å². The van der Waals surface area contributed by atoms with E-state index in [4.69, 9.17) is 50.0 Å². The Labute approximate surface area is 142 Å². The van der Waals surface area contributed by atoms with E-state index in [0.717, 1.165) is 0 Å².